The fourth-order valence-electron chi connectivity index (χ4n) is 3.19. The highest BCUT2D eigenvalue weighted by atomic mass is 32.2. The largest absolute Gasteiger partial charge is 0.462 e. The van der Waals surface area contributed by atoms with Crippen molar-refractivity contribution in [1.29, 1.82) is 0 Å². The summed E-state index contributed by atoms with van der Waals surface area (Å²) in [5.74, 6) is 0.517. The molecule has 2 heterocycles. The second-order valence-corrected chi connectivity index (χ2v) is 8.01. The number of carbonyl (C=O) groups is 2. The molecular formula is C21H26N4O4S. The summed E-state index contributed by atoms with van der Waals surface area (Å²) in [4.78, 5) is 34.8. The average molecular weight is 431 g/mol. The van der Waals surface area contributed by atoms with Crippen molar-refractivity contribution in [3.8, 4) is 0 Å². The number of hydrogen-bond acceptors (Lipinski definition) is 8. The molecule has 3 rings (SSSR count). The predicted octanol–water partition coefficient (Wildman–Crippen LogP) is 3.00. The van der Waals surface area contributed by atoms with E-state index < -0.39 is 0 Å². The summed E-state index contributed by atoms with van der Waals surface area (Å²) < 4.78 is 10.7. The molecule has 0 radical (unpaired) electrons. The summed E-state index contributed by atoms with van der Waals surface area (Å²) in [7, 11) is 0. The van der Waals surface area contributed by atoms with Gasteiger partial charge in [-0.05, 0) is 45.0 Å². The Labute approximate surface area is 180 Å². The van der Waals surface area contributed by atoms with Crippen molar-refractivity contribution in [3.63, 3.8) is 0 Å². The van der Waals surface area contributed by atoms with Crippen LogP contribution < -0.4 is 10.2 Å². The molecule has 1 aromatic heterocycles. The van der Waals surface area contributed by atoms with Gasteiger partial charge in [0.15, 0.2) is 0 Å². The molecule has 1 aromatic carbocycles. The van der Waals surface area contributed by atoms with Crippen molar-refractivity contribution >= 4 is 35.1 Å². The number of aromatic nitrogens is 2. The molecule has 0 spiro atoms. The first-order chi connectivity index (χ1) is 14.4. The lowest BCUT2D eigenvalue weighted by Crippen LogP contribution is -2.45. The molecule has 1 aliphatic heterocycles. The Morgan fingerprint density at radius 1 is 1.20 bits per heavy atom. The summed E-state index contributed by atoms with van der Waals surface area (Å²) in [6.45, 7) is 7.71. The van der Waals surface area contributed by atoms with Gasteiger partial charge in [-0.2, -0.15) is 0 Å². The Morgan fingerprint density at radius 2 is 1.90 bits per heavy atom. The third-order valence-corrected chi connectivity index (χ3v) is 5.33. The van der Waals surface area contributed by atoms with Gasteiger partial charge in [-0.1, -0.05) is 11.8 Å². The van der Waals surface area contributed by atoms with Gasteiger partial charge in [0, 0.05) is 24.8 Å². The van der Waals surface area contributed by atoms with E-state index in [1.165, 1.54) is 18.1 Å². The fourth-order valence-corrected chi connectivity index (χ4v) is 3.85. The van der Waals surface area contributed by atoms with E-state index in [9.17, 15) is 9.59 Å². The number of carbonyl (C=O) groups excluding carboxylic acids is 2. The zero-order valence-electron chi connectivity index (χ0n) is 17.3. The van der Waals surface area contributed by atoms with E-state index in [2.05, 4.69) is 20.2 Å². The van der Waals surface area contributed by atoms with Crippen LogP contribution in [0.3, 0.4) is 0 Å². The molecule has 1 aliphatic rings. The maximum Gasteiger partial charge on any atom is 0.338 e. The van der Waals surface area contributed by atoms with E-state index in [1.54, 1.807) is 31.2 Å². The van der Waals surface area contributed by atoms with Gasteiger partial charge in [-0.25, -0.2) is 14.8 Å². The number of nitrogens with one attached hydrogen (secondary N) is 1. The van der Waals surface area contributed by atoms with Crippen LogP contribution in [0.4, 0.5) is 11.5 Å². The number of nitrogens with zero attached hydrogens (tertiary/aromatic N) is 3. The van der Waals surface area contributed by atoms with Crippen molar-refractivity contribution in [3.05, 3.63) is 42.2 Å². The number of ether oxygens (including phenoxy) is 2. The van der Waals surface area contributed by atoms with Crippen LogP contribution in [0.5, 0.6) is 0 Å². The molecular weight excluding hydrogens is 404 g/mol. The van der Waals surface area contributed by atoms with Crippen molar-refractivity contribution in [1.82, 2.24) is 9.97 Å². The Hall–Kier alpha value is -2.65. The maximum absolute atomic E-state index is 12.3. The maximum atomic E-state index is 12.3. The highest BCUT2D eigenvalue weighted by molar-refractivity contribution is 7.99. The van der Waals surface area contributed by atoms with E-state index in [0.29, 0.717) is 17.9 Å². The first-order valence-corrected chi connectivity index (χ1v) is 10.9. The smallest absolute Gasteiger partial charge is 0.338 e. The van der Waals surface area contributed by atoms with E-state index >= 15 is 0 Å². The molecule has 0 aliphatic carbocycles. The van der Waals surface area contributed by atoms with Gasteiger partial charge >= 0.3 is 5.97 Å². The molecule has 1 amide bonds. The number of morpholine rings is 1. The first-order valence-electron chi connectivity index (χ1n) is 9.87. The van der Waals surface area contributed by atoms with Crippen molar-refractivity contribution in [2.45, 2.75) is 38.0 Å². The zero-order chi connectivity index (χ0) is 21.5. The third kappa shape index (κ3) is 6.17. The van der Waals surface area contributed by atoms with Crippen LogP contribution in [-0.2, 0) is 14.3 Å². The molecule has 1 saturated heterocycles. The molecule has 9 heteroatoms. The van der Waals surface area contributed by atoms with Crippen LogP contribution in [0.25, 0.3) is 0 Å². The van der Waals surface area contributed by atoms with E-state index in [0.717, 1.165) is 23.9 Å². The monoisotopic (exact) mass is 430 g/mol. The minimum atomic E-state index is -0.380. The average Bonchev–Trinajstić information content (AvgIpc) is 2.72. The highest BCUT2D eigenvalue weighted by Crippen LogP contribution is 2.23. The van der Waals surface area contributed by atoms with Gasteiger partial charge in [0.05, 0.1) is 30.1 Å². The van der Waals surface area contributed by atoms with Gasteiger partial charge < -0.3 is 19.7 Å². The molecule has 2 aromatic rings. The van der Waals surface area contributed by atoms with Gasteiger partial charge in [-0.3, -0.25) is 4.79 Å². The highest BCUT2D eigenvalue weighted by Gasteiger charge is 2.23. The number of benzene rings is 1. The Kier molecular flexibility index (Phi) is 7.64. The quantitative estimate of drug-likeness (QED) is 0.407. The lowest BCUT2D eigenvalue weighted by Gasteiger charge is -2.36. The normalized spacial score (nSPS) is 18.7. The summed E-state index contributed by atoms with van der Waals surface area (Å²) in [5.41, 5.74) is 1.07. The van der Waals surface area contributed by atoms with E-state index in [1.807, 2.05) is 19.9 Å². The van der Waals surface area contributed by atoms with Gasteiger partial charge in [-0.15, -0.1) is 0 Å². The first kappa shape index (κ1) is 22.0. The number of thioether (sulfide) groups is 1. The molecule has 160 valence electrons. The van der Waals surface area contributed by atoms with Crippen LogP contribution in [0, 0.1) is 0 Å². The topological polar surface area (TPSA) is 93.7 Å². The van der Waals surface area contributed by atoms with E-state index in [-0.39, 0.29) is 29.8 Å². The molecule has 2 unspecified atom stereocenters. The fraction of sp³-hybridized carbons (Fsp3) is 0.429. The minimum absolute atomic E-state index is 0.140. The number of hydrogen-bond donors (Lipinski definition) is 1. The molecule has 1 fully saturated rings. The molecule has 0 bridgehead atoms. The van der Waals surface area contributed by atoms with Crippen molar-refractivity contribution < 1.29 is 19.1 Å². The van der Waals surface area contributed by atoms with Gasteiger partial charge in [0.1, 0.15) is 17.2 Å². The number of anilines is 2. The molecule has 2 atom stereocenters. The second-order valence-electron chi connectivity index (χ2n) is 7.01. The predicted molar refractivity (Wildman–Crippen MR) is 116 cm³/mol. The Morgan fingerprint density at radius 3 is 2.57 bits per heavy atom. The lowest BCUT2D eigenvalue weighted by molar-refractivity contribution is -0.113. The number of esters is 1. The third-order valence-electron chi connectivity index (χ3n) is 4.40. The molecule has 0 saturated carbocycles. The SMILES string of the molecule is CCOC(=O)c1ccc(NC(=O)CSc2cc(N3CC(C)OC(C)C3)ncn2)cc1. The Bertz CT molecular complexity index is 868. The van der Waals surface area contributed by atoms with Crippen LogP contribution in [-0.4, -0.2) is 59.5 Å². The zero-order valence-corrected chi connectivity index (χ0v) is 18.1. The molecule has 30 heavy (non-hydrogen) atoms. The van der Waals surface area contributed by atoms with Gasteiger partial charge in [0.25, 0.3) is 0 Å². The van der Waals surface area contributed by atoms with Crippen LogP contribution >= 0.6 is 11.8 Å². The minimum Gasteiger partial charge on any atom is -0.462 e. The second kappa shape index (κ2) is 10.4. The van der Waals surface area contributed by atoms with Gasteiger partial charge in [0.2, 0.25) is 5.91 Å². The van der Waals surface area contributed by atoms with Crippen molar-refractivity contribution in [2.24, 2.45) is 0 Å². The Balaban J connectivity index is 1.53. The van der Waals surface area contributed by atoms with Crippen LogP contribution in [0.1, 0.15) is 31.1 Å². The summed E-state index contributed by atoms with van der Waals surface area (Å²) >= 11 is 1.35. The van der Waals surface area contributed by atoms with Crippen LogP contribution in [0.15, 0.2) is 41.7 Å². The lowest BCUT2D eigenvalue weighted by atomic mass is 10.2. The van der Waals surface area contributed by atoms with E-state index in [4.69, 9.17) is 9.47 Å². The number of amides is 1. The van der Waals surface area contributed by atoms with Crippen molar-refractivity contribution in [2.75, 3.05) is 35.7 Å². The number of rotatable bonds is 7. The summed E-state index contributed by atoms with van der Waals surface area (Å²) in [6, 6.07) is 8.51. The summed E-state index contributed by atoms with van der Waals surface area (Å²) in [5, 5.41) is 3.55. The molecule has 1 N–H and O–H groups in total. The van der Waals surface area contributed by atoms with Crippen LogP contribution in [0.2, 0.25) is 0 Å². The molecule has 8 nitrogen and oxygen atoms in total. The standard InChI is InChI=1S/C21H26N4O4S/c1-4-28-21(27)16-5-7-17(8-6-16)24-19(26)12-30-20-9-18(22-13-23-20)25-10-14(2)29-15(3)11-25/h5-9,13-15H,4,10-12H2,1-3H3,(H,24,26). The summed E-state index contributed by atoms with van der Waals surface area (Å²) in [6.07, 6.45) is 1.80.